The number of hydrogen-bond acceptors (Lipinski definition) is 3. The fourth-order valence-electron chi connectivity index (χ4n) is 2.78. The van der Waals surface area contributed by atoms with Crippen molar-refractivity contribution in [1.29, 1.82) is 5.26 Å². The number of aryl methyl sites for hydroxylation is 1. The Bertz CT molecular complexity index is 1210. The monoisotopic (exact) mass is 592 g/mol. The molecule has 0 aliphatic rings. The Hall–Kier alpha value is -2.30. The lowest BCUT2D eigenvalue weighted by molar-refractivity contribution is -0.112. The molecule has 1 amide bonds. The molecule has 0 aliphatic carbocycles. The maximum Gasteiger partial charge on any atom is 0.266 e. The number of amides is 1. The maximum absolute atomic E-state index is 12.6. The van der Waals surface area contributed by atoms with Gasteiger partial charge in [0, 0.05) is 24.6 Å². The molecule has 0 aliphatic heterocycles. The highest BCUT2D eigenvalue weighted by Gasteiger charge is 2.14. The molecule has 8 heteroatoms. The Morgan fingerprint density at radius 1 is 1.09 bits per heavy atom. The van der Waals surface area contributed by atoms with Gasteiger partial charge in [0.1, 0.15) is 24.0 Å². The van der Waals surface area contributed by atoms with Crippen molar-refractivity contribution >= 4 is 72.7 Å². The van der Waals surface area contributed by atoms with Gasteiger partial charge < -0.3 is 10.1 Å². The van der Waals surface area contributed by atoms with Crippen LogP contribution in [-0.4, -0.2) is 5.91 Å². The quantitative estimate of drug-likeness (QED) is 0.233. The first-order chi connectivity index (χ1) is 15.3. The number of nitriles is 1. The van der Waals surface area contributed by atoms with Crippen molar-refractivity contribution in [3.05, 3.63) is 95.9 Å². The summed E-state index contributed by atoms with van der Waals surface area (Å²) in [4.78, 5) is 12.6. The Labute approximate surface area is 213 Å². The van der Waals surface area contributed by atoms with E-state index in [2.05, 4.69) is 37.2 Å². The molecule has 1 N–H and O–H groups in total. The van der Waals surface area contributed by atoms with Gasteiger partial charge in [0.15, 0.2) is 0 Å². The summed E-state index contributed by atoms with van der Waals surface area (Å²) in [6.45, 7) is 2.23. The smallest absolute Gasteiger partial charge is 0.266 e. The molecule has 0 unspecified atom stereocenters. The predicted octanol–water partition coefficient (Wildman–Crippen LogP) is 7.95. The zero-order valence-corrected chi connectivity index (χ0v) is 21.4. The van der Waals surface area contributed by atoms with Gasteiger partial charge in [-0.1, -0.05) is 41.4 Å². The first-order valence-electron chi connectivity index (χ1n) is 9.32. The number of halogens is 4. The lowest BCUT2D eigenvalue weighted by Gasteiger charge is -2.10. The minimum Gasteiger partial charge on any atom is -0.489 e. The van der Waals surface area contributed by atoms with E-state index in [9.17, 15) is 10.1 Å². The van der Waals surface area contributed by atoms with Gasteiger partial charge in [-0.15, -0.1) is 0 Å². The second-order valence-corrected chi connectivity index (χ2v) is 9.37. The molecule has 0 saturated carbocycles. The van der Waals surface area contributed by atoms with Gasteiger partial charge >= 0.3 is 0 Å². The van der Waals surface area contributed by atoms with Gasteiger partial charge in [-0.25, -0.2) is 0 Å². The van der Waals surface area contributed by atoms with Crippen LogP contribution in [0.2, 0.25) is 10.0 Å². The van der Waals surface area contributed by atoms with Gasteiger partial charge in [0.2, 0.25) is 0 Å². The van der Waals surface area contributed by atoms with Crippen LogP contribution in [0.1, 0.15) is 16.7 Å². The van der Waals surface area contributed by atoms with Gasteiger partial charge in [-0.05, 0) is 92.4 Å². The van der Waals surface area contributed by atoms with Gasteiger partial charge in [-0.2, -0.15) is 5.26 Å². The largest absolute Gasteiger partial charge is 0.489 e. The summed E-state index contributed by atoms with van der Waals surface area (Å²) in [5.41, 5.74) is 3.07. The molecule has 3 aromatic carbocycles. The van der Waals surface area contributed by atoms with E-state index in [1.165, 1.54) is 6.08 Å². The normalized spacial score (nSPS) is 11.1. The molecule has 0 fully saturated rings. The standard InChI is InChI=1S/C24H16Br2Cl2N2O2/c1-14-8-20(25)23(21(26)9-14)30-24(31)17(12-29)10-15-2-6-19(7-3-15)32-13-16-4-5-18(27)11-22(16)28/h2-11H,13H2,1H3,(H,30,31)/b17-10+. The zero-order chi connectivity index (χ0) is 23.3. The van der Waals surface area contributed by atoms with E-state index in [4.69, 9.17) is 27.9 Å². The van der Waals surface area contributed by atoms with Crippen LogP contribution in [0.3, 0.4) is 0 Å². The molecule has 162 valence electrons. The van der Waals surface area contributed by atoms with E-state index >= 15 is 0 Å². The Morgan fingerprint density at radius 3 is 2.34 bits per heavy atom. The van der Waals surface area contributed by atoms with Crippen molar-refractivity contribution in [3.8, 4) is 11.8 Å². The average molecular weight is 595 g/mol. The number of benzene rings is 3. The number of hydrogen-bond donors (Lipinski definition) is 1. The number of carbonyl (C=O) groups excluding carboxylic acids is 1. The van der Waals surface area contributed by atoms with Crippen molar-refractivity contribution in [2.75, 3.05) is 5.32 Å². The number of nitrogens with zero attached hydrogens (tertiary/aromatic N) is 1. The molecule has 0 heterocycles. The zero-order valence-electron chi connectivity index (χ0n) is 16.8. The minimum atomic E-state index is -0.504. The number of rotatable bonds is 6. The second-order valence-electron chi connectivity index (χ2n) is 6.82. The lowest BCUT2D eigenvalue weighted by Crippen LogP contribution is -2.14. The third-order valence-corrected chi connectivity index (χ3v) is 6.23. The van der Waals surface area contributed by atoms with Crippen molar-refractivity contribution in [2.24, 2.45) is 0 Å². The molecule has 3 aromatic rings. The van der Waals surface area contributed by atoms with E-state index in [0.717, 1.165) is 20.1 Å². The van der Waals surface area contributed by atoms with Gasteiger partial charge in [-0.3, -0.25) is 4.79 Å². The van der Waals surface area contributed by atoms with E-state index in [1.807, 2.05) is 31.2 Å². The maximum atomic E-state index is 12.6. The summed E-state index contributed by atoms with van der Waals surface area (Å²) in [5, 5.41) is 13.3. The van der Waals surface area contributed by atoms with E-state index in [-0.39, 0.29) is 12.2 Å². The van der Waals surface area contributed by atoms with Crippen molar-refractivity contribution in [2.45, 2.75) is 13.5 Å². The summed E-state index contributed by atoms with van der Waals surface area (Å²) in [5.74, 6) is 0.124. The Morgan fingerprint density at radius 2 is 1.75 bits per heavy atom. The van der Waals surface area contributed by atoms with Crippen molar-refractivity contribution in [1.82, 2.24) is 0 Å². The van der Waals surface area contributed by atoms with Crippen molar-refractivity contribution < 1.29 is 9.53 Å². The van der Waals surface area contributed by atoms with E-state index in [0.29, 0.717) is 27.0 Å². The highest BCUT2D eigenvalue weighted by molar-refractivity contribution is 9.11. The molecule has 4 nitrogen and oxygen atoms in total. The van der Waals surface area contributed by atoms with Crippen LogP contribution in [0.5, 0.6) is 5.75 Å². The molecule has 0 spiro atoms. The minimum absolute atomic E-state index is 0.0222. The molecule has 0 atom stereocenters. The molecule has 0 saturated heterocycles. The van der Waals surface area contributed by atoms with Gasteiger partial charge in [0.25, 0.3) is 5.91 Å². The van der Waals surface area contributed by atoms with E-state index < -0.39 is 5.91 Å². The average Bonchev–Trinajstić information content (AvgIpc) is 2.74. The van der Waals surface area contributed by atoms with Crippen LogP contribution in [0.25, 0.3) is 6.08 Å². The van der Waals surface area contributed by atoms with Crippen LogP contribution >= 0.6 is 55.1 Å². The summed E-state index contributed by atoms with van der Waals surface area (Å²) in [6.07, 6.45) is 1.52. The fraction of sp³-hybridized carbons (Fsp3) is 0.0833. The number of ether oxygens (including phenoxy) is 1. The second kappa shape index (κ2) is 11.0. The van der Waals surface area contributed by atoms with Crippen molar-refractivity contribution in [3.63, 3.8) is 0 Å². The Kier molecular flexibility index (Phi) is 8.38. The summed E-state index contributed by atoms with van der Waals surface area (Å²) >= 11 is 18.9. The molecule has 0 aromatic heterocycles. The highest BCUT2D eigenvalue weighted by atomic mass is 79.9. The first kappa shape index (κ1) is 24.3. The third kappa shape index (κ3) is 6.36. The SMILES string of the molecule is Cc1cc(Br)c(NC(=O)/C(C#N)=C/c2ccc(OCc3ccc(Cl)cc3Cl)cc2)c(Br)c1. The molecule has 0 bridgehead atoms. The number of carbonyl (C=O) groups is 1. The molecule has 32 heavy (non-hydrogen) atoms. The first-order valence-corrected chi connectivity index (χ1v) is 11.7. The van der Waals surface area contributed by atoms with Crippen LogP contribution in [0.4, 0.5) is 5.69 Å². The summed E-state index contributed by atoms with van der Waals surface area (Å²) in [6, 6.07) is 18.0. The molecular formula is C24H16Br2Cl2N2O2. The molecule has 3 rings (SSSR count). The van der Waals surface area contributed by atoms with Gasteiger partial charge in [0.05, 0.1) is 5.69 Å². The Balaban J connectivity index is 1.69. The summed E-state index contributed by atoms with van der Waals surface area (Å²) in [7, 11) is 0. The fourth-order valence-corrected chi connectivity index (χ4v) is 4.85. The topological polar surface area (TPSA) is 62.1 Å². The molecule has 0 radical (unpaired) electrons. The lowest BCUT2D eigenvalue weighted by atomic mass is 10.1. The van der Waals surface area contributed by atoms with E-state index in [1.54, 1.807) is 36.4 Å². The number of nitrogens with one attached hydrogen (secondary N) is 1. The highest BCUT2D eigenvalue weighted by Crippen LogP contribution is 2.32. The summed E-state index contributed by atoms with van der Waals surface area (Å²) < 4.78 is 7.20. The third-order valence-electron chi connectivity index (χ3n) is 4.39. The number of anilines is 1. The van der Waals surface area contributed by atoms with Crippen LogP contribution in [0, 0.1) is 18.3 Å². The van der Waals surface area contributed by atoms with Crippen LogP contribution < -0.4 is 10.1 Å². The van der Waals surface area contributed by atoms with Crippen LogP contribution in [0.15, 0.2) is 69.1 Å². The predicted molar refractivity (Wildman–Crippen MR) is 136 cm³/mol. The van der Waals surface area contributed by atoms with Crippen LogP contribution in [-0.2, 0) is 11.4 Å². The molecular weight excluding hydrogens is 579 g/mol.